The van der Waals surface area contributed by atoms with Crippen molar-refractivity contribution < 1.29 is 4.79 Å². The van der Waals surface area contributed by atoms with Gasteiger partial charge in [-0.3, -0.25) is 4.79 Å². The Bertz CT molecular complexity index is 1360. The molecule has 0 unspecified atom stereocenters. The minimum absolute atomic E-state index is 0.0593. The zero-order valence-corrected chi connectivity index (χ0v) is 21.6. The number of benzene rings is 1. The minimum Gasteiger partial charge on any atom is -0.382 e. The molecule has 3 aliphatic rings. The van der Waals surface area contributed by atoms with E-state index in [1.807, 2.05) is 0 Å². The molecule has 1 fully saturated rings. The molecular weight excluding hydrogens is 472 g/mol. The molecule has 1 aliphatic carbocycles. The Morgan fingerprint density at radius 3 is 2.61 bits per heavy atom. The Labute approximate surface area is 214 Å². The van der Waals surface area contributed by atoms with E-state index in [0.29, 0.717) is 30.5 Å². The first-order valence-corrected chi connectivity index (χ1v) is 13.3. The lowest BCUT2D eigenvalue weighted by atomic mass is 9.73. The van der Waals surface area contributed by atoms with Crippen LogP contribution in [0.2, 0.25) is 0 Å². The smallest absolute Gasteiger partial charge is 0.276 e. The standard InChI is InChI=1S/C26H32N8OS/c1-14-9-16-11-26(22(27)17(16)10-15(14)2)4-7-33(8-5-26)20-12-30-21(23(28)32-20)24(35)34-6-3-18-19(13-34)36-25(29)31-18/h9-10,12,22H,3-8,11,13,27H2,1-2H3,(H2,28,32)(H2,29,31)/t22-/m1/s1. The zero-order chi connectivity index (χ0) is 25.2. The first-order chi connectivity index (χ1) is 17.2. The van der Waals surface area contributed by atoms with Gasteiger partial charge < -0.3 is 27.0 Å². The predicted molar refractivity (Wildman–Crippen MR) is 142 cm³/mol. The van der Waals surface area contributed by atoms with E-state index in [-0.39, 0.29) is 28.9 Å². The molecule has 9 nitrogen and oxygen atoms in total. The molecule has 0 radical (unpaired) electrons. The second-order valence-corrected chi connectivity index (χ2v) is 11.6. The fourth-order valence-electron chi connectivity index (χ4n) is 6.08. The number of aromatic nitrogens is 3. The van der Waals surface area contributed by atoms with Crippen molar-refractivity contribution in [1.82, 2.24) is 19.9 Å². The highest BCUT2D eigenvalue weighted by Crippen LogP contribution is 2.51. The van der Waals surface area contributed by atoms with Gasteiger partial charge in [0, 0.05) is 37.0 Å². The first-order valence-electron chi connectivity index (χ1n) is 12.5. The lowest BCUT2D eigenvalue weighted by molar-refractivity contribution is 0.0731. The van der Waals surface area contributed by atoms with Crippen molar-refractivity contribution in [2.24, 2.45) is 11.1 Å². The summed E-state index contributed by atoms with van der Waals surface area (Å²) in [5.41, 5.74) is 25.5. The van der Waals surface area contributed by atoms with E-state index < -0.39 is 0 Å². The van der Waals surface area contributed by atoms with E-state index >= 15 is 0 Å². The number of piperidine rings is 1. The summed E-state index contributed by atoms with van der Waals surface area (Å²) in [6, 6.07) is 4.66. The Kier molecular flexibility index (Phi) is 5.42. The Hall–Kier alpha value is -3.24. The molecule has 36 heavy (non-hydrogen) atoms. The Morgan fingerprint density at radius 1 is 1.11 bits per heavy atom. The number of carbonyl (C=O) groups excluding carboxylic acids is 1. The topological polar surface area (TPSA) is 140 Å². The molecule has 1 saturated heterocycles. The maximum Gasteiger partial charge on any atom is 0.276 e. The summed E-state index contributed by atoms with van der Waals surface area (Å²) in [7, 11) is 0. The fourth-order valence-corrected chi connectivity index (χ4v) is 6.97. The van der Waals surface area contributed by atoms with Crippen LogP contribution in [0.15, 0.2) is 18.3 Å². The fraction of sp³-hybridized carbons (Fsp3) is 0.462. The van der Waals surface area contributed by atoms with Gasteiger partial charge in [-0.1, -0.05) is 12.1 Å². The van der Waals surface area contributed by atoms with Crippen molar-refractivity contribution in [3.63, 3.8) is 0 Å². The van der Waals surface area contributed by atoms with E-state index in [1.54, 1.807) is 11.1 Å². The SMILES string of the molecule is Cc1cc2c(cc1C)[C@@H](N)C1(CCN(c3cnc(C(=O)N4CCc5nc(N)sc5C4)c(N)n3)CC1)C2. The number of anilines is 3. The Balaban J connectivity index is 1.14. The molecule has 6 rings (SSSR count). The van der Waals surface area contributed by atoms with Gasteiger partial charge in [-0.05, 0) is 60.8 Å². The summed E-state index contributed by atoms with van der Waals surface area (Å²) in [6.07, 6.45) is 5.36. The summed E-state index contributed by atoms with van der Waals surface area (Å²) < 4.78 is 0. The van der Waals surface area contributed by atoms with E-state index in [0.717, 1.165) is 42.9 Å². The summed E-state index contributed by atoms with van der Waals surface area (Å²) in [5.74, 6) is 0.677. The van der Waals surface area contributed by atoms with Crippen LogP contribution in [0.1, 0.15) is 62.2 Å². The maximum atomic E-state index is 13.2. The van der Waals surface area contributed by atoms with Crippen molar-refractivity contribution in [2.45, 2.75) is 52.1 Å². The number of thiazole rings is 1. The number of hydrogen-bond donors (Lipinski definition) is 3. The molecule has 2 aliphatic heterocycles. The molecule has 10 heteroatoms. The van der Waals surface area contributed by atoms with Crippen LogP contribution in [0, 0.1) is 19.3 Å². The van der Waals surface area contributed by atoms with Gasteiger partial charge in [0.15, 0.2) is 16.6 Å². The molecular formula is C26H32N8OS. The highest BCUT2D eigenvalue weighted by atomic mass is 32.1. The third kappa shape index (κ3) is 3.70. The van der Waals surface area contributed by atoms with E-state index in [9.17, 15) is 4.79 Å². The highest BCUT2D eigenvalue weighted by Gasteiger charge is 2.46. The molecule has 2 aromatic heterocycles. The molecule has 1 spiro atoms. The summed E-state index contributed by atoms with van der Waals surface area (Å²) in [6.45, 7) is 7.04. The minimum atomic E-state index is -0.206. The van der Waals surface area contributed by atoms with Crippen LogP contribution in [-0.2, 0) is 19.4 Å². The van der Waals surface area contributed by atoms with E-state index in [2.05, 4.69) is 45.8 Å². The number of hydrogen-bond acceptors (Lipinski definition) is 9. The molecule has 188 valence electrons. The quantitative estimate of drug-likeness (QED) is 0.484. The van der Waals surface area contributed by atoms with Gasteiger partial charge in [-0.15, -0.1) is 11.3 Å². The number of amides is 1. The second kappa shape index (κ2) is 8.41. The molecule has 3 aromatic rings. The van der Waals surface area contributed by atoms with Gasteiger partial charge >= 0.3 is 0 Å². The van der Waals surface area contributed by atoms with Crippen LogP contribution >= 0.6 is 11.3 Å². The number of carbonyl (C=O) groups is 1. The van der Waals surface area contributed by atoms with Crippen molar-refractivity contribution in [3.05, 3.63) is 56.8 Å². The van der Waals surface area contributed by atoms with Gasteiger partial charge in [0.1, 0.15) is 5.82 Å². The average molecular weight is 505 g/mol. The summed E-state index contributed by atoms with van der Waals surface area (Å²) >= 11 is 1.43. The Morgan fingerprint density at radius 2 is 1.86 bits per heavy atom. The van der Waals surface area contributed by atoms with Crippen molar-refractivity contribution in [3.8, 4) is 0 Å². The van der Waals surface area contributed by atoms with E-state index in [1.165, 1.54) is 33.6 Å². The van der Waals surface area contributed by atoms with Crippen molar-refractivity contribution in [2.75, 3.05) is 36.0 Å². The lowest BCUT2D eigenvalue weighted by Gasteiger charge is -2.42. The highest BCUT2D eigenvalue weighted by molar-refractivity contribution is 7.15. The van der Waals surface area contributed by atoms with Crippen LogP contribution in [-0.4, -0.2) is 45.4 Å². The third-order valence-corrected chi connectivity index (χ3v) is 9.31. The lowest BCUT2D eigenvalue weighted by Crippen LogP contribution is -2.44. The maximum absolute atomic E-state index is 13.2. The van der Waals surface area contributed by atoms with E-state index in [4.69, 9.17) is 17.2 Å². The number of rotatable bonds is 2. The van der Waals surface area contributed by atoms with Crippen molar-refractivity contribution >= 4 is 34.0 Å². The first kappa shape index (κ1) is 23.2. The normalized spacial score (nSPS) is 20.5. The molecule has 4 heterocycles. The van der Waals surface area contributed by atoms with Gasteiger partial charge in [0.25, 0.3) is 5.91 Å². The number of fused-ring (bicyclic) bond motifs is 2. The summed E-state index contributed by atoms with van der Waals surface area (Å²) in [4.78, 5) is 31.5. The molecule has 1 atom stereocenters. The molecule has 1 aromatic carbocycles. The van der Waals surface area contributed by atoms with Crippen LogP contribution < -0.4 is 22.1 Å². The van der Waals surface area contributed by atoms with Crippen LogP contribution in [0.4, 0.5) is 16.8 Å². The molecule has 1 amide bonds. The van der Waals surface area contributed by atoms with Crippen molar-refractivity contribution in [1.29, 1.82) is 0 Å². The third-order valence-electron chi connectivity index (χ3n) is 8.40. The van der Waals surface area contributed by atoms with Gasteiger partial charge in [0.05, 0.1) is 18.4 Å². The number of nitrogen functional groups attached to an aromatic ring is 2. The summed E-state index contributed by atoms with van der Waals surface area (Å²) in [5, 5.41) is 0.536. The van der Waals surface area contributed by atoms with Crippen LogP contribution in [0.25, 0.3) is 0 Å². The molecule has 0 bridgehead atoms. The number of aryl methyl sites for hydroxylation is 2. The van der Waals surface area contributed by atoms with Gasteiger partial charge in [-0.2, -0.15) is 0 Å². The average Bonchev–Trinajstić information content (AvgIpc) is 3.35. The van der Waals surface area contributed by atoms with Gasteiger partial charge in [-0.25, -0.2) is 15.0 Å². The second-order valence-electron chi connectivity index (χ2n) is 10.5. The monoisotopic (exact) mass is 504 g/mol. The largest absolute Gasteiger partial charge is 0.382 e. The number of nitrogens with zero attached hydrogens (tertiary/aromatic N) is 5. The molecule has 0 saturated carbocycles. The molecule has 6 N–H and O–H groups in total. The van der Waals surface area contributed by atoms with Crippen LogP contribution in [0.5, 0.6) is 0 Å². The van der Waals surface area contributed by atoms with Crippen LogP contribution in [0.3, 0.4) is 0 Å². The number of nitrogens with two attached hydrogens (primary N) is 3. The predicted octanol–water partition coefficient (Wildman–Crippen LogP) is 2.76. The van der Waals surface area contributed by atoms with Gasteiger partial charge in [0.2, 0.25) is 0 Å². The zero-order valence-electron chi connectivity index (χ0n) is 20.8.